The smallest absolute Gasteiger partial charge is 0.130 e. The predicted molar refractivity (Wildman–Crippen MR) is 62.7 cm³/mol. The van der Waals surface area contributed by atoms with E-state index in [9.17, 15) is 0 Å². The van der Waals surface area contributed by atoms with E-state index in [-0.39, 0.29) is 12.7 Å². The zero-order valence-electron chi connectivity index (χ0n) is 9.76. The second kappa shape index (κ2) is 5.13. The molecule has 1 saturated heterocycles. The maximum atomic E-state index is 9.09. The number of anilines is 1. The minimum atomic E-state index is -0.170. The maximum absolute atomic E-state index is 9.09. The van der Waals surface area contributed by atoms with Crippen LogP contribution in [0.5, 0.6) is 0 Å². The number of aromatic nitrogens is 1. The van der Waals surface area contributed by atoms with Crippen molar-refractivity contribution in [3.05, 3.63) is 23.4 Å². The van der Waals surface area contributed by atoms with E-state index < -0.39 is 0 Å². The van der Waals surface area contributed by atoms with Gasteiger partial charge in [-0.15, -0.1) is 0 Å². The fraction of sp³-hybridized carbons (Fsp3) is 0.500. The van der Waals surface area contributed by atoms with Gasteiger partial charge in [-0.25, -0.2) is 4.98 Å². The van der Waals surface area contributed by atoms with E-state index in [4.69, 9.17) is 15.1 Å². The second-order valence-corrected chi connectivity index (χ2v) is 4.09. The molecule has 1 aliphatic heterocycles. The third-order valence-corrected chi connectivity index (χ3v) is 2.74. The van der Waals surface area contributed by atoms with Gasteiger partial charge in [-0.05, 0) is 19.1 Å². The summed E-state index contributed by atoms with van der Waals surface area (Å²) in [5.41, 5.74) is 1.44. The third-order valence-electron chi connectivity index (χ3n) is 2.74. The van der Waals surface area contributed by atoms with Crippen LogP contribution in [0.2, 0.25) is 0 Å². The highest BCUT2D eigenvalue weighted by molar-refractivity contribution is 5.47. The highest BCUT2D eigenvalue weighted by Crippen LogP contribution is 2.17. The van der Waals surface area contributed by atoms with Crippen molar-refractivity contribution in [1.29, 1.82) is 5.26 Å². The molecule has 1 aromatic heterocycles. The molecule has 0 bridgehead atoms. The normalized spacial score (nSPS) is 20.1. The summed E-state index contributed by atoms with van der Waals surface area (Å²) in [5, 5.41) is 18.0. The lowest BCUT2D eigenvalue weighted by molar-refractivity contribution is 0.00335. The monoisotopic (exact) mass is 233 g/mol. The highest BCUT2D eigenvalue weighted by Gasteiger charge is 2.21. The summed E-state index contributed by atoms with van der Waals surface area (Å²) in [6, 6.07) is 5.65. The van der Waals surface area contributed by atoms with E-state index in [2.05, 4.69) is 11.1 Å². The Hall–Kier alpha value is -1.64. The molecule has 1 N–H and O–H groups in total. The Morgan fingerprint density at radius 1 is 1.65 bits per heavy atom. The summed E-state index contributed by atoms with van der Waals surface area (Å²) < 4.78 is 5.38. The Labute approximate surface area is 100 Å². The number of ether oxygens (including phenoxy) is 1. The molecule has 1 aliphatic rings. The molecule has 1 aromatic rings. The molecule has 0 amide bonds. The van der Waals surface area contributed by atoms with Crippen molar-refractivity contribution in [3.8, 4) is 6.07 Å². The van der Waals surface area contributed by atoms with Crippen molar-refractivity contribution in [1.82, 2.24) is 4.98 Å². The van der Waals surface area contributed by atoms with Gasteiger partial charge in [-0.2, -0.15) is 5.26 Å². The summed E-state index contributed by atoms with van der Waals surface area (Å²) in [4.78, 5) is 6.45. The van der Waals surface area contributed by atoms with Gasteiger partial charge < -0.3 is 14.7 Å². The van der Waals surface area contributed by atoms with Crippen LogP contribution in [0.15, 0.2) is 12.1 Å². The number of aliphatic hydroxyl groups is 1. The van der Waals surface area contributed by atoms with Gasteiger partial charge in [0.15, 0.2) is 0 Å². The molecule has 2 rings (SSSR count). The predicted octanol–water partition coefficient (Wildman–Crippen LogP) is 0.459. The zero-order chi connectivity index (χ0) is 12.3. The van der Waals surface area contributed by atoms with Gasteiger partial charge in [-0.3, -0.25) is 0 Å². The molecule has 0 aliphatic carbocycles. The first kappa shape index (κ1) is 11.8. The summed E-state index contributed by atoms with van der Waals surface area (Å²) in [7, 11) is 0. The number of aryl methyl sites for hydroxylation is 1. The molecular formula is C12H15N3O2. The summed E-state index contributed by atoms with van der Waals surface area (Å²) in [5.74, 6) is 0.781. The van der Waals surface area contributed by atoms with Gasteiger partial charge in [0.25, 0.3) is 0 Å². The molecule has 5 nitrogen and oxygen atoms in total. The lowest BCUT2D eigenvalue weighted by Crippen LogP contribution is -2.44. The number of pyridine rings is 1. The molecule has 2 heterocycles. The molecule has 0 spiro atoms. The summed E-state index contributed by atoms with van der Waals surface area (Å²) >= 11 is 0. The third kappa shape index (κ3) is 2.73. The molecule has 0 aromatic carbocycles. The first-order valence-electron chi connectivity index (χ1n) is 5.59. The molecule has 1 fully saturated rings. The number of morpholine rings is 1. The lowest BCUT2D eigenvalue weighted by atomic mass is 10.2. The van der Waals surface area contributed by atoms with Crippen LogP contribution >= 0.6 is 0 Å². The summed E-state index contributed by atoms with van der Waals surface area (Å²) in [6.45, 7) is 3.79. The van der Waals surface area contributed by atoms with E-state index in [0.717, 1.165) is 18.1 Å². The topological polar surface area (TPSA) is 69.4 Å². The van der Waals surface area contributed by atoms with Crippen LogP contribution < -0.4 is 4.90 Å². The number of hydrogen-bond donors (Lipinski definition) is 1. The van der Waals surface area contributed by atoms with Crippen LogP contribution in [-0.4, -0.2) is 42.5 Å². The van der Waals surface area contributed by atoms with E-state index in [1.165, 1.54) is 0 Å². The van der Waals surface area contributed by atoms with Crippen LogP contribution in [0.25, 0.3) is 0 Å². The Bertz CT molecular complexity index is 442. The quantitative estimate of drug-likeness (QED) is 0.803. The fourth-order valence-corrected chi connectivity index (χ4v) is 1.92. The molecule has 0 radical (unpaired) electrons. The largest absolute Gasteiger partial charge is 0.394 e. The van der Waals surface area contributed by atoms with Crippen LogP contribution in [0.1, 0.15) is 11.3 Å². The Morgan fingerprint density at radius 2 is 2.47 bits per heavy atom. The standard InChI is InChI=1S/C12H15N3O2/c1-9-4-10(6-13)5-12(14-9)15-2-3-17-11(7-15)8-16/h4-5,11,16H,2-3,7-8H2,1H3. The first-order chi connectivity index (χ1) is 8.22. The van der Waals surface area contributed by atoms with Crippen molar-refractivity contribution < 1.29 is 9.84 Å². The van der Waals surface area contributed by atoms with Gasteiger partial charge >= 0.3 is 0 Å². The summed E-state index contributed by atoms with van der Waals surface area (Å²) in [6.07, 6.45) is -0.170. The lowest BCUT2D eigenvalue weighted by Gasteiger charge is -2.33. The number of nitriles is 1. The average Bonchev–Trinajstić information content (AvgIpc) is 2.38. The van der Waals surface area contributed by atoms with Crippen LogP contribution in [0.4, 0.5) is 5.82 Å². The van der Waals surface area contributed by atoms with Crippen molar-refractivity contribution >= 4 is 5.82 Å². The molecule has 0 saturated carbocycles. The van der Waals surface area contributed by atoms with Crippen LogP contribution in [0, 0.1) is 18.3 Å². The van der Waals surface area contributed by atoms with Crippen LogP contribution in [0.3, 0.4) is 0 Å². The van der Waals surface area contributed by atoms with Crippen molar-refractivity contribution in [2.24, 2.45) is 0 Å². The average molecular weight is 233 g/mol. The Balaban J connectivity index is 2.21. The molecule has 90 valence electrons. The number of aliphatic hydroxyl groups excluding tert-OH is 1. The van der Waals surface area contributed by atoms with E-state index in [1.807, 2.05) is 11.8 Å². The minimum absolute atomic E-state index is 0.00736. The van der Waals surface area contributed by atoms with E-state index in [1.54, 1.807) is 12.1 Å². The highest BCUT2D eigenvalue weighted by atomic mass is 16.5. The molecule has 1 unspecified atom stereocenters. The number of hydrogen-bond acceptors (Lipinski definition) is 5. The van der Waals surface area contributed by atoms with Gasteiger partial charge in [-0.1, -0.05) is 0 Å². The first-order valence-corrected chi connectivity index (χ1v) is 5.59. The van der Waals surface area contributed by atoms with E-state index >= 15 is 0 Å². The zero-order valence-corrected chi connectivity index (χ0v) is 9.76. The molecule has 1 atom stereocenters. The van der Waals surface area contributed by atoms with E-state index in [0.29, 0.717) is 18.7 Å². The van der Waals surface area contributed by atoms with Crippen molar-refractivity contribution in [3.63, 3.8) is 0 Å². The Kier molecular flexibility index (Phi) is 3.57. The van der Waals surface area contributed by atoms with Crippen molar-refractivity contribution in [2.75, 3.05) is 31.2 Å². The van der Waals surface area contributed by atoms with Gasteiger partial charge in [0, 0.05) is 18.8 Å². The molecule has 5 heteroatoms. The minimum Gasteiger partial charge on any atom is -0.394 e. The molecular weight excluding hydrogens is 218 g/mol. The van der Waals surface area contributed by atoms with Gasteiger partial charge in [0.05, 0.1) is 31.0 Å². The SMILES string of the molecule is Cc1cc(C#N)cc(N2CCOC(CO)C2)n1. The van der Waals surface area contributed by atoms with Crippen molar-refractivity contribution in [2.45, 2.75) is 13.0 Å². The van der Waals surface area contributed by atoms with Crippen LogP contribution in [-0.2, 0) is 4.74 Å². The Morgan fingerprint density at radius 3 is 3.18 bits per heavy atom. The molecule has 17 heavy (non-hydrogen) atoms. The number of nitrogens with zero attached hydrogens (tertiary/aromatic N) is 3. The number of rotatable bonds is 2. The second-order valence-electron chi connectivity index (χ2n) is 4.09. The fourth-order valence-electron chi connectivity index (χ4n) is 1.92. The van der Waals surface area contributed by atoms with Gasteiger partial charge in [0.2, 0.25) is 0 Å². The van der Waals surface area contributed by atoms with Gasteiger partial charge in [0.1, 0.15) is 5.82 Å². The maximum Gasteiger partial charge on any atom is 0.130 e.